The average Bonchev–Trinajstić information content (AvgIpc) is 3.63. The Balaban J connectivity index is 1.12. The molecule has 0 bridgehead atoms. The monoisotopic (exact) mass is 560 g/mol. The number of benzene rings is 3. The number of hydrogen-bond donors (Lipinski definition) is 0. The van der Waals surface area contributed by atoms with Crippen LogP contribution < -0.4 is 0 Å². The van der Waals surface area contributed by atoms with Crippen LogP contribution in [0.1, 0.15) is 35.1 Å². The zero-order chi connectivity index (χ0) is 28.7. The van der Waals surface area contributed by atoms with Crippen LogP contribution in [0.5, 0.6) is 0 Å². The normalized spacial score (nSPS) is 13.5. The number of nitrogens with zero attached hydrogens (tertiary/aromatic N) is 4. The summed E-state index contributed by atoms with van der Waals surface area (Å²) in [6.45, 7) is 7.06. The number of carbonyl (C=O) groups excluding carboxylic acids is 1. The summed E-state index contributed by atoms with van der Waals surface area (Å²) in [5, 5.41) is 4.30. The highest BCUT2D eigenvalue weighted by Crippen LogP contribution is 2.23. The molecule has 42 heavy (non-hydrogen) atoms. The molecular formula is C34H32N4O4. The highest BCUT2D eigenvalue weighted by atomic mass is 16.5. The summed E-state index contributed by atoms with van der Waals surface area (Å²) in [4.78, 5) is 19.3. The molecule has 3 aromatic carbocycles. The molecule has 1 saturated heterocycles. The van der Waals surface area contributed by atoms with Gasteiger partial charge in [0, 0.05) is 42.4 Å². The van der Waals surface area contributed by atoms with E-state index in [1.54, 1.807) is 6.92 Å². The molecule has 0 N–H and O–H groups in total. The first-order valence-corrected chi connectivity index (χ1v) is 14.2. The van der Waals surface area contributed by atoms with Gasteiger partial charge in [-0.1, -0.05) is 41.3 Å². The maximum atomic E-state index is 12.2. The quantitative estimate of drug-likeness (QED) is 0.193. The summed E-state index contributed by atoms with van der Waals surface area (Å²) in [6.07, 6.45) is 0.0916. The standard InChI is InChI=1S/C34H32N4O4/c1-2-41-34(39)22-33-35-30-5-3-4-6-31(30)38(33)24-29-21-32(42-36-29)28-15-13-26(14-16-28)8-7-25-9-11-27(12-10-25)23-37-17-19-40-20-18-37/h3-6,9-16,21H,2,17-20,22-24H2,1H3. The van der Waals surface area contributed by atoms with E-state index in [2.05, 4.69) is 51.1 Å². The van der Waals surface area contributed by atoms with Crippen LogP contribution in [0, 0.1) is 11.8 Å². The van der Waals surface area contributed by atoms with Crippen LogP contribution in [0.25, 0.3) is 22.4 Å². The number of fused-ring (bicyclic) bond motifs is 1. The van der Waals surface area contributed by atoms with Gasteiger partial charge in [-0.3, -0.25) is 9.69 Å². The summed E-state index contributed by atoms with van der Waals surface area (Å²) in [5.74, 6) is 7.50. The smallest absolute Gasteiger partial charge is 0.313 e. The van der Waals surface area contributed by atoms with Crippen molar-refractivity contribution in [3.05, 3.63) is 107 Å². The van der Waals surface area contributed by atoms with Gasteiger partial charge in [0.1, 0.15) is 17.9 Å². The Morgan fingerprint density at radius 3 is 2.38 bits per heavy atom. The molecule has 8 heteroatoms. The molecule has 2 aromatic heterocycles. The van der Waals surface area contributed by atoms with Gasteiger partial charge >= 0.3 is 5.97 Å². The first-order valence-electron chi connectivity index (χ1n) is 14.2. The lowest BCUT2D eigenvalue weighted by molar-refractivity contribution is -0.142. The van der Waals surface area contributed by atoms with E-state index in [1.807, 2.05) is 59.2 Å². The minimum absolute atomic E-state index is 0.0916. The number of esters is 1. The van der Waals surface area contributed by atoms with Crippen LogP contribution in [0.15, 0.2) is 83.4 Å². The third-order valence-electron chi connectivity index (χ3n) is 7.20. The van der Waals surface area contributed by atoms with Crippen molar-refractivity contribution in [1.29, 1.82) is 0 Å². The van der Waals surface area contributed by atoms with Gasteiger partial charge < -0.3 is 18.6 Å². The summed E-state index contributed by atoms with van der Waals surface area (Å²) >= 11 is 0. The minimum Gasteiger partial charge on any atom is -0.466 e. The lowest BCUT2D eigenvalue weighted by Crippen LogP contribution is -2.35. The predicted octanol–water partition coefficient (Wildman–Crippen LogP) is 5.08. The first-order chi connectivity index (χ1) is 20.6. The van der Waals surface area contributed by atoms with Crippen molar-refractivity contribution < 1.29 is 18.8 Å². The highest BCUT2D eigenvalue weighted by Gasteiger charge is 2.17. The first kappa shape index (κ1) is 27.5. The molecule has 3 heterocycles. The molecule has 1 aliphatic heterocycles. The van der Waals surface area contributed by atoms with Gasteiger partial charge in [0.05, 0.1) is 37.4 Å². The summed E-state index contributed by atoms with van der Waals surface area (Å²) in [5.41, 5.74) is 6.59. The van der Waals surface area contributed by atoms with E-state index in [4.69, 9.17) is 14.0 Å². The maximum Gasteiger partial charge on any atom is 0.313 e. The highest BCUT2D eigenvalue weighted by molar-refractivity contribution is 5.78. The molecular weight excluding hydrogens is 528 g/mol. The van der Waals surface area contributed by atoms with Crippen molar-refractivity contribution >= 4 is 17.0 Å². The zero-order valence-electron chi connectivity index (χ0n) is 23.6. The molecule has 1 fully saturated rings. The molecule has 0 aliphatic carbocycles. The second-order valence-electron chi connectivity index (χ2n) is 10.2. The van der Waals surface area contributed by atoms with Crippen molar-refractivity contribution in [3.63, 3.8) is 0 Å². The number of hydrogen-bond acceptors (Lipinski definition) is 7. The van der Waals surface area contributed by atoms with Gasteiger partial charge in [0.15, 0.2) is 5.76 Å². The lowest BCUT2D eigenvalue weighted by Gasteiger charge is -2.26. The summed E-state index contributed by atoms with van der Waals surface area (Å²) < 4.78 is 18.3. The Morgan fingerprint density at radius 2 is 1.64 bits per heavy atom. The molecule has 0 atom stereocenters. The SMILES string of the molecule is CCOC(=O)Cc1nc2ccccc2n1Cc1cc(-c2ccc(C#Cc3ccc(CN4CCOCC4)cc3)cc2)on1. The second-order valence-corrected chi connectivity index (χ2v) is 10.2. The van der Waals surface area contributed by atoms with Crippen LogP contribution in [0.3, 0.4) is 0 Å². The molecule has 0 radical (unpaired) electrons. The van der Waals surface area contributed by atoms with Crippen LogP contribution in [0.2, 0.25) is 0 Å². The molecule has 0 spiro atoms. The van der Waals surface area contributed by atoms with Crippen molar-refractivity contribution in [2.24, 2.45) is 0 Å². The third-order valence-corrected chi connectivity index (χ3v) is 7.20. The zero-order valence-corrected chi connectivity index (χ0v) is 23.6. The van der Waals surface area contributed by atoms with Crippen LogP contribution in [0.4, 0.5) is 0 Å². The average molecular weight is 561 g/mol. The number of aromatic nitrogens is 3. The van der Waals surface area contributed by atoms with E-state index < -0.39 is 0 Å². The van der Waals surface area contributed by atoms with Crippen molar-refractivity contribution in [1.82, 2.24) is 19.6 Å². The van der Waals surface area contributed by atoms with Gasteiger partial charge in [-0.25, -0.2) is 4.98 Å². The molecule has 5 aromatic rings. The van der Waals surface area contributed by atoms with Gasteiger partial charge in [0.25, 0.3) is 0 Å². The van der Waals surface area contributed by atoms with E-state index >= 15 is 0 Å². The fourth-order valence-electron chi connectivity index (χ4n) is 5.04. The van der Waals surface area contributed by atoms with E-state index in [0.29, 0.717) is 24.7 Å². The van der Waals surface area contributed by atoms with Gasteiger partial charge in [0.2, 0.25) is 0 Å². The fraction of sp³-hybridized carbons (Fsp3) is 0.265. The molecule has 1 aliphatic rings. The lowest BCUT2D eigenvalue weighted by atomic mass is 10.1. The second kappa shape index (κ2) is 12.9. The van der Waals surface area contributed by atoms with Crippen LogP contribution in [-0.4, -0.2) is 58.5 Å². The minimum atomic E-state index is -0.307. The Labute approximate surface area is 244 Å². The molecule has 0 amide bonds. The number of para-hydroxylation sites is 2. The number of morpholine rings is 1. The molecule has 8 nitrogen and oxygen atoms in total. The van der Waals surface area contributed by atoms with E-state index in [0.717, 1.165) is 66.3 Å². The summed E-state index contributed by atoms with van der Waals surface area (Å²) in [6, 6.07) is 26.1. The van der Waals surface area contributed by atoms with Crippen LogP contribution in [-0.2, 0) is 33.8 Å². The fourth-order valence-corrected chi connectivity index (χ4v) is 5.04. The molecule has 0 unspecified atom stereocenters. The van der Waals surface area contributed by atoms with E-state index in [-0.39, 0.29) is 12.4 Å². The summed E-state index contributed by atoms with van der Waals surface area (Å²) in [7, 11) is 0. The number of imidazole rings is 1. The number of carbonyl (C=O) groups is 1. The molecule has 212 valence electrons. The Bertz CT molecular complexity index is 1720. The number of ether oxygens (including phenoxy) is 2. The Kier molecular flexibility index (Phi) is 8.41. The van der Waals surface area contributed by atoms with E-state index in [1.165, 1.54) is 5.56 Å². The van der Waals surface area contributed by atoms with Gasteiger partial charge in [-0.15, -0.1) is 0 Å². The Hall–Kier alpha value is -4.71. The third kappa shape index (κ3) is 6.60. The number of rotatable bonds is 8. The van der Waals surface area contributed by atoms with Gasteiger partial charge in [-0.2, -0.15) is 0 Å². The van der Waals surface area contributed by atoms with Crippen molar-refractivity contribution in [2.45, 2.75) is 26.4 Å². The van der Waals surface area contributed by atoms with Crippen molar-refractivity contribution in [2.75, 3.05) is 32.9 Å². The maximum absolute atomic E-state index is 12.2. The predicted molar refractivity (Wildman–Crippen MR) is 160 cm³/mol. The molecule has 0 saturated carbocycles. The van der Waals surface area contributed by atoms with Gasteiger partial charge in [-0.05, 0) is 61.0 Å². The Morgan fingerprint density at radius 1 is 0.929 bits per heavy atom. The largest absolute Gasteiger partial charge is 0.466 e. The van der Waals surface area contributed by atoms with Crippen molar-refractivity contribution in [3.8, 4) is 23.2 Å². The van der Waals surface area contributed by atoms with Crippen LogP contribution >= 0.6 is 0 Å². The topological polar surface area (TPSA) is 82.6 Å². The van der Waals surface area contributed by atoms with E-state index in [9.17, 15) is 4.79 Å². The molecule has 6 rings (SSSR count).